The highest BCUT2D eigenvalue weighted by atomic mass is 32.2. The number of hydrogen-bond acceptors (Lipinski definition) is 6. The number of nitrogens with zero attached hydrogens (tertiary/aromatic N) is 1. The van der Waals surface area contributed by atoms with Gasteiger partial charge in [-0.15, -0.1) is 11.3 Å². The van der Waals surface area contributed by atoms with Crippen molar-refractivity contribution in [2.24, 2.45) is 0 Å². The molecule has 2 aromatic rings. The van der Waals surface area contributed by atoms with Crippen LogP contribution in [0, 0.1) is 0 Å². The molecule has 0 spiro atoms. The quantitative estimate of drug-likeness (QED) is 0.721. The van der Waals surface area contributed by atoms with Gasteiger partial charge in [0.2, 0.25) is 5.91 Å². The molecule has 4 rings (SSSR count). The third-order valence-corrected chi connectivity index (χ3v) is 8.43. The topological polar surface area (TPSA) is 84.9 Å². The fourth-order valence-corrected chi connectivity index (χ4v) is 6.42. The lowest BCUT2D eigenvalue weighted by molar-refractivity contribution is -0.119. The Morgan fingerprint density at radius 3 is 2.72 bits per heavy atom. The lowest BCUT2D eigenvalue weighted by Crippen LogP contribution is -2.42. The summed E-state index contributed by atoms with van der Waals surface area (Å²) in [4.78, 5) is 12.8. The zero-order valence-electron chi connectivity index (χ0n) is 16.0. The molecule has 7 nitrogen and oxygen atoms in total. The summed E-state index contributed by atoms with van der Waals surface area (Å²) in [6, 6.07) is 9.68. The molecule has 1 N–H and O–H groups in total. The van der Waals surface area contributed by atoms with Crippen LogP contribution >= 0.6 is 11.3 Å². The Morgan fingerprint density at radius 2 is 2.03 bits per heavy atom. The highest BCUT2D eigenvalue weighted by Gasteiger charge is 2.39. The fourth-order valence-electron chi connectivity index (χ4n) is 3.64. The molecule has 0 radical (unpaired) electrons. The smallest absolute Gasteiger partial charge is 0.253 e. The van der Waals surface area contributed by atoms with E-state index in [1.54, 1.807) is 41.8 Å². The molecule has 2 atom stereocenters. The molecule has 1 aromatic heterocycles. The first-order chi connectivity index (χ1) is 14.0. The normalized spacial score (nSPS) is 22.6. The molecule has 29 heavy (non-hydrogen) atoms. The number of hydrogen-bond donors (Lipinski definition) is 1. The van der Waals surface area contributed by atoms with Gasteiger partial charge in [0.1, 0.15) is 22.6 Å². The second-order valence-electron chi connectivity index (χ2n) is 7.17. The molecule has 2 aliphatic heterocycles. The summed E-state index contributed by atoms with van der Waals surface area (Å²) >= 11 is 1.17. The third-order valence-electron chi connectivity index (χ3n) is 5.15. The van der Waals surface area contributed by atoms with Crippen LogP contribution in [0.15, 0.2) is 46.0 Å². The first-order valence-electron chi connectivity index (χ1n) is 9.75. The molecule has 0 bridgehead atoms. The average molecular weight is 437 g/mol. The summed E-state index contributed by atoms with van der Waals surface area (Å²) < 4.78 is 38.5. The number of ether oxygens (including phenoxy) is 2. The van der Waals surface area contributed by atoms with Crippen molar-refractivity contribution in [3.63, 3.8) is 0 Å². The largest absolute Gasteiger partial charge is 0.491 e. The molecular formula is C20H24N2O5S2. The van der Waals surface area contributed by atoms with Crippen LogP contribution in [-0.4, -0.2) is 50.5 Å². The number of amides is 1. The van der Waals surface area contributed by atoms with E-state index >= 15 is 0 Å². The predicted molar refractivity (Wildman–Crippen MR) is 111 cm³/mol. The molecule has 0 aliphatic carbocycles. The molecule has 1 aromatic carbocycles. The van der Waals surface area contributed by atoms with Gasteiger partial charge in [0.05, 0.1) is 6.10 Å². The van der Waals surface area contributed by atoms with Crippen LogP contribution in [-0.2, 0) is 19.6 Å². The summed E-state index contributed by atoms with van der Waals surface area (Å²) in [6.07, 6.45) is 3.41. The zero-order valence-corrected chi connectivity index (χ0v) is 17.6. The van der Waals surface area contributed by atoms with E-state index in [1.165, 1.54) is 15.6 Å². The van der Waals surface area contributed by atoms with Gasteiger partial charge in [-0.1, -0.05) is 6.07 Å². The van der Waals surface area contributed by atoms with Crippen molar-refractivity contribution in [3.8, 4) is 5.75 Å². The van der Waals surface area contributed by atoms with Gasteiger partial charge >= 0.3 is 0 Å². The summed E-state index contributed by atoms with van der Waals surface area (Å²) in [7, 11) is -3.64. The molecule has 2 saturated heterocycles. The maximum Gasteiger partial charge on any atom is 0.253 e. The van der Waals surface area contributed by atoms with E-state index in [1.807, 2.05) is 0 Å². The maximum atomic E-state index is 12.8. The number of nitrogens with one attached hydrogen (secondary N) is 1. The Balaban J connectivity index is 1.37. The Labute approximate surface area is 174 Å². The van der Waals surface area contributed by atoms with Gasteiger partial charge in [-0.2, -0.15) is 4.31 Å². The van der Waals surface area contributed by atoms with Gasteiger partial charge in [-0.05, 0) is 61.4 Å². The molecule has 2 unspecified atom stereocenters. The second-order valence-corrected chi connectivity index (χ2v) is 10.2. The molecule has 1 amide bonds. The van der Waals surface area contributed by atoms with Crippen LogP contribution in [0.4, 0.5) is 5.69 Å². The number of carbonyl (C=O) groups excluding carboxylic acids is 1. The van der Waals surface area contributed by atoms with E-state index in [9.17, 15) is 13.2 Å². The van der Waals surface area contributed by atoms with E-state index in [-0.39, 0.29) is 16.2 Å². The monoisotopic (exact) mass is 436 g/mol. The molecule has 0 saturated carbocycles. The number of benzene rings is 1. The molecule has 2 aliphatic rings. The summed E-state index contributed by atoms with van der Waals surface area (Å²) in [5, 5.41) is 4.56. The standard InChI is InChI=1S/C20H24N2O5S2/c23-20(18-5-1-11-22(18)29(24,25)19-6-3-13-28-19)21-15-7-9-16(10-8-15)27-14-17-4-2-12-26-17/h3,6-10,13,17-18H,1-2,4-5,11-12,14H2,(H,21,23). The van der Waals surface area contributed by atoms with Gasteiger partial charge in [0, 0.05) is 18.8 Å². The minimum Gasteiger partial charge on any atom is -0.491 e. The summed E-state index contributed by atoms with van der Waals surface area (Å²) in [6.45, 7) is 1.66. The van der Waals surface area contributed by atoms with Crippen LogP contribution in [0.5, 0.6) is 5.75 Å². The summed E-state index contributed by atoms with van der Waals surface area (Å²) in [5.41, 5.74) is 0.611. The SMILES string of the molecule is O=C(Nc1ccc(OCC2CCCO2)cc1)C1CCCN1S(=O)(=O)c1cccs1. The van der Waals surface area contributed by atoms with Gasteiger partial charge in [-0.25, -0.2) is 8.42 Å². The first-order valence-corrected chi connectivity index (χ1v) is 12.1. The Hall–Kier alpha value is -1.94. The molecule has 156 valence electrons. The number of carbonyl (C=O) groups is 1. The van der Waals surface area contributed by atoms with E-state index in [4.69, 9.17) is 9.47 Å². The van der Waals surface area contributed by atoms with E-state index < -0.39 is 16.1 Å². The Kier molecular flexibility index (Phi) is 6.19. The minimum absolute atomic E-state index is 0.146. The van der Waals surface area contributed by atoms with Crippen molar-refractivity contribution in [2.75, 3.05) is 25.1 Å². The highest BCUT2D eigenvalue weighted by Crippen LogP contribution is 2.29. The van der Waals surface area contributed by atoms with Crippen LogP contribution in [0.2, 0.25) is 0 Å². The predicted octanol–water partition coefficient (Wildman–Crippen LogP) is 3.10. The van der Waals surface area contributed by atoms with E-state index in [0.717, 1.165) is 19.4 Å². The molecule has 2 fully saturated rings. The van der Waals surface area contributed by atoms with Crippen molar-refractivity contribution >= 4 is 33.0 Å². The van der Waals surface area contributed by atoms with Crippen molar-refractivity contribution in [1.82, 2.24) is 4.31 Å². The molecule has 3 heterocycles. The van der Waals surface area contributed by atoms with Crippen molar-refractivity contribution < 1.29 is 22.7 Å². The fraction of sp³-hybridized carbons (Fsp3) is 0.450. The van der Waals surface area contributed by atoms with Gasteiger partial charge in [0.15, 0.2) is 0 Å². The van der Waals surface area contributed by atoms with Crippen LogP contribution < -0.4 is 10.1 Å². The molecule has 9 heteroatoms. The van der Waals surface area contributed by atoms with Gasteiger partial charge in [0.25, 0.3) is 10.0 Å². The maximum absolute atomic E-state index is 12.8. The van der Waals surface area contributed by atoms with Crippen molar-refractivity contribution in [1.29, 1.82) is 0 Å². The number of thiophene rings is 1. The lowest BCUT2D eigenvalue weighted by atomic mass is 10.2. The van der Waals surface area contributed by atoms with E-state index in [2.05, 4.69) is 5.32 Å². The third kappa shape index (κ3) is 4.63. The number of rotatable bonds is 7. The number of sulfonamides is 1. The highest BCUT2D eigenvalue weighted by molar-refractivity contribution is 7.91. The summed E-state index contributed by atoms with van der Waals surface area (Å²) in [5.74, 6) is 0.400. The van der Waals surface area contributed by atoms with Crippen molar-refractivity contribution in [2.45, 2.75) is 42.0 Å². The first kappa shape index (κ1) is 20.3. The van der Waals surface area contributed by atoms with Crippen LogP contribution in [0.3, 0.4) is 0 Å². The van der Waals surface area contributed by atoms with Crippen LogP contribution in [0.25, 0.3) is 0 Å². The van der Waals surface area contributed by atoms with Crippen molar-refractivity contribution in [3.05, 3.63) is 41.8 Å². The number of anilines is 1. The molecular weight excluding hydrogens is 412 g/mol. The lowest BCUT2D eigenvalue weighted by Gasteiger charge is -2.22. The minimum atomic E-state index is -3.64. The van der Waals surface area contributed by atoms with Gasteiger partial charge in [-0.3, -0.25) is 4.79 Å². The zero-order chi connectivity index (χ0) is 20.3. The van der Waals surface area contributed by atoms with Gasteiger partial charge < -0.3 is 14.8 Å². The Bertz CT molecular complexity index is 922. The second kappa shape index (κ2) is 8.83. The Morgan fingerprint density at radius 1 is 1.21 bits per heavy atom. The van der Waals surface area contributed by atoms with Crippen LogP contribution in [0.1, 0.15) is 25.7 Å². The average Bonchev–Trinajstić information content (AvgIpc) is 3.50. The van der Waals surface area contributed by atoms with E-state index in [0.29, 0.717) is 37.4 Å².